The number of fused-ring (bicyclic) bond motifs is 1. The first-order valence-corrected chi connectivity index (χ1v) is 9.41. The minimum absolute atomic E-state index is 0.0457. The fourth-order valence-electron chi connectivity index (χ4n) is 2.62. The lowest BCUT2D eigenvalue weighted by Gasteiger charge is -2.06. The Labute approximate surface area is 149 Å². The van der Waals surface area contributed by atoms with E-state index in [4.69, 9.17) is 9.56 Å². The van der Waals surface area contributed by atoms with Gasteiger partial charge in [-0.3, -0.25) is 4.79 Å². The van der Waals surface area contributed by atoms with Crippen LogP contribution in [0, 0.1) is 5.82 Å². The Morgan fingerprint density at radius 1 is 1.15 bits per heavy atom. The number of nitrogens with two attached hydrogens (primary N) is 1. The van der Waals surface area contributed by atoms with Gasteiger partial charge in [0, 0.05) is 17.5 Å². The monoisotopic (exact) mass is 376 g/mol. The largest absolute Gasteiger partial charge is 0.464 e. The van der Waals surface area contributed by atoms with Crippen LogP contribution in [0.4, 0.5) is 4.39 Å². The number of carbonyl (C=O) groups excluding carboxylic acids is 1. The third kappa shape index (κ3) is 4.27. The lowest BCUT2D eigenvalue weighted by Crippen LogP contribution is -2.27. The van der Waals surface area contributed by atoms with Gasteiger partial charge in [-0.2, -0.15) is 0 Å². The predicted molar refractivity (Wildman–Crippen MR) is 94.4 cm³/mol. The zero-order valence-electron chi connectivity index (χ0n) is 13.7. The molecule has 3 rings (SSSR count). The number of halogens is 1. The number of carbonyl (C=O) groups is 1. The molecule has 0 aliphatic rings. The second kappa shape index (κ2) is 7.27. The van der Waals surface area contributed by atoms with Crippen molar-refractivity contribution in [1.29, 1.82) is 0 Å². The molecule has 0 aliphatic heterocycles. The van der Waals surface area contributed by atoms with E-state index in [1.807, 2.05) is 0 Å². The third-order valence-corrected chi connectivity index (χ3v) is 4.88. The standard InChI is InChI=1S/C18H17FN2O4S/c19-14-3-6-17-16(10-14)13(11-25-17)9-18(22)21-8-7-12-1-4-15(5-2-12)26(20,23)24/h1-6,10-11H,7-9H2,(H,21,22)(H2,20,23,24). The van der Waals surface area contributed by atoms with Gasteiger partial charge in [-0.05, 0) is 42.3 Å². The van der Waals surface area contributed by atoms with Crippen molar-refractivity contribution >= 4 is 26.9 Å². The van der Waals surface area contributed by atoms with Crippen LogP contribution in [0.3, 0.4) is 0 Å². The van der Waals surface area contributed by atoms with Crippen LogP contribution in [-0.4, -0.2) is 20.9 Å². The zero-order valence-corrected chi connectivity index (χ0v) is 14.6. The molecule has 3 aromatic rings. The highest BCUT2D eigenvalue weighted by Gasteiger charge is 2.11. The van der Waals surface area contributed by atoms with Crippen molar-refractivity contribution in [3.05, 3.63) is 65.7 Å². The van der Waals surface area contributed by atoms with E-state index in [1.165, 1.54) is 36.6 Å². The van der Waals surface area contributed by atoms with Crippen LogP contribution in [0.25, 0.3) is 11.0 Å². The van der Waals surface area contributed by atoms with Gasteiger partial charge in [0.1, 0.15) is 11.4 Å². The number of furan rings is 1. The molecule has 0 aliphatic carbocycles. The molecule has 0 radical (unpaired) electrons. The number of hydrogen-bond donors (Lipinski definition) is 2. The van der Waals surface area contributed by atoms with Crippen LogP contribution >= 0.6 is 0 Å². The molecule has 136 valence electrons. The molecule has 2 aromatic carbocycles. The molecule has 6 nitrogen and oxygen atoms in total. The number of amides is 1. The molecule has 8 heteroatoms. The number of sulfonamides is 1. The first-order valence-electron chi connectivity index (χ1n) is 7.87. The minimum Gasteiger partial charge on any atom is -0.464 e. The van der Waals surface area contributed by atoms with Gasteiger partial charge in [0.05, 0.1) is 17.6 Å². The maximum Gasteiger partial charge on any atom is 0.238 e. The zero-order chi connectivity index (χ0) is 18.7. The van der Waals surface area contributed by atoms with Crippen LogP contribution in [0.1, 0.15) is 11.1 Å². The summed E-state index contributed by atoms with van der Waals surface area (Å²) in [6.07, 6.45) is 2.08. The van der Waals surface area contributed by atoms with Crippen molar-refractivity contribution in [2.24, 2.45) is 5.14 Å². The molecule has 1 amide bonds. The molecule has 3 N–H and O–H groups in total. The molecular formula is C18H17FN2O4S. The van der Waals surface area contributed by atoms with Gasteiger partial charge in [0.15, 0.2) is 0 Å². The van der Waals surface area contributed by atoms with E-state index in [1.54, 1.807) is 12.1 Å². The second-order valence-corrected chi connectivity index (χ2v) is 7.43. The van der Waals surface area contributed by atoms with Crippen LogP contribution < -0.4 is 10.5 Å². The fraction of sp³-hybridized carbons (Fsp3) is 0.167. The molecule has 0 spiro atoms. The highest BCUT2D eigenvalue weighted by molar-refractivity contribution is 7.89. The van der Waals surface area contributed by atoms with E-state index >= 15 is 0 Å². The SMILES string of the molecule is NS(=O)(=O)c1ccc(CCNC(=O)Cc2coc3ccc(F)cc23)cc1. The molecular weight excluding hydrogens is 359 g/mol. The Morgan fingerprint density at radius 2 is 1.88 bits per heavy atom. The molecule has 0 saturated heterocycles. The first kappa shape index (κ1) is 18.1. The highest BCUT2D eigenvalue weighted by Crippen LogP contribution is 2.22. The molecule has 0 bridgehead atoms. The molecule has 0 unspecified atom stereocenters. The normalized spacial score (nSPS) is 11.6. The number of primary sulfonamides is 1. The van der Waals surface area contributed by atoms with Crippen molar-refractivity contribution in [2.75, 3.05) is 6.54 Å². The quantitative estimate of drug-likeness (QED) is 0.688. The summed E-state index contributed by atoms with van der Waals surface area (Å²) in [5, 5.41) is 8.40. The van der Waals surface area contributed by atoms with Crippen molar-refractivity contribution < 1.29 is 22.0 Å². The van der Waals surface area contributed by atoms with E-state index in [2.05, 4.69) is 5.32 Å². The molecule has 0 saturated carbocycles. The summed E-state index contributed by atoms with van der Waals surface area (Å²) in [4.78, 5) is 12.1. The summed E-state index contributed by atoms with van der Waals surface area (Å²) in [6, 6.07) is 10.3. The molecule has 0 fully saturated rings. The van der Waals surface area contributed by atoms with Crippen LogP contribution in [0.5, 0.6) is 0 Å². The minimum atomic E-state index is -3.71. The highest BCUT2D eigenvalue weighted by atomic mass is 32.2. The Hall–Kier alpha value is -2.71. The molecule has 1 heterocycles. The summed E-state index contributed by atoms with van der Waals surface area (Å²) in [6.45, 7) is 0.387. The average Bonchev–Trinajstić information content (AvgIpc) is 2.96. The van der Waals surface area contributed by atoms with Crippen LogP contribution in [0.2, 0.25) is 0 Å². The Morgan fingerprint density at radius 3 is 2.58 bits per heavy atom. The van der Waals surface area contributed by atoms with E-state index in [9.17, 15) is 17.6 Å². The van der Waals surface area contributed by atoms with E-state index in [-0.39, 0.29) is 23.0 Å². The number of rotatable bonds is 6. The van der Waals surface area contributed by atoms with Gasteiger partial charge < -0.3 is 9.73 Å². The summed E-state index contributed by atoms with van der Waals surface area (Å²) < 4.78 is 41.1. The Bertz CT molecular complexity index is 1040. The molecule has 26 heavy (non-hydrogen) atoms. The lowest BCUT2D eigenvalue weighted by atomic mass is 10.1. The average molecular weight is 376 g/mol. The van der Waals surface area contributed by atoms with Crippen molar-refractivity contribution in [2.45, 2.75) is 17.7 Å². The fourth-order valence-corrected chi connectivity index (χ4v) is 3.13. The smallest absolute Gasteiger partial charge is 0.238 e. The van der Waals surface area contributed by atoms with Gasteiger partial charge in [-0.15, -0.1) is 0 Å². The number of nitrogens with one attached hydrogen (secondary N) is 1. The summed E-state index contributed by atoms with van der Waals surface area (Å²) in [7, 11) is -3.71. The van der Waals surface area contributed by atoms with Crippen LogP contribution in [-0.2, 0) is 27.7 Å². The lowest BCUT2D eigenvalue weighted by molar-refractivity contribution is -0.120. The van der Waals surface area contributed by atoms with Crippen LogP contribution in [0.15, 0.2) is 58.0 Å². The maximum atomic E-state index is 13.3. The Balaban J connectivity index is 1.55. The number of benzene rings is 2. The summed E-state index contributed by atoms with van der Waals surface area (Å²) in [5.74, 6) is -0.596. The van der Waals surface area contributed by atoms with Crippen molar-refractivity contribution in [1.82, 2.24) is 5.32 Å². The van der Waals surface area contributed by atoms with Gasteiger partial charge in [-0.1, -0.05) is 12.1 Å². The number of hydrogen-bond acceptors (Lipinski definition) is 4. The van der Waals surface area contributed by atoms with Gasteiger partial charge in [-0.25, -0.2) is 17.9 Å². The van der Waals surface area contributed by atoms with Gasteiger partial charge in [0.25, 0.3) is 0 Å². The maximum absolute atomic E-state index is 13.3. The first-order chi connectivity index (χ1) is 12.3. The van der Waals surface area contributed by atoms with Crippen molar-refractivity contribution in [3.63, 3.8) is 0 Å². The predicted octanol–water partition coefficient (Wildman–Crippen LogP) is 2.12. The molecule has 1 aromatic heterocycles. The van der Waals surface area contributed by atoms with Gasteiger partial charge in [0.2, 0.25) is 15.9 Å². The van der Waals surface area contributed by atoms with E-state index < -0.39 is 10.0 Å². The Kier molecular flexibility index (Phi) is 5.06. The van der Waals surface area contributed by atoms with Crippen molar-refractivity contribution in [3.8, 4) is 0 Å². The topological polar surface area (TPSA) is 102 Å². The van der Waals surface area contributed by atoms with E-state index in [0.717, 1.165) is 5.56 Å². The van der Waals surface area contributed by atoms with Gasteiger partial charge >= 0.3 is 0 Å². The summed E-state index contributed by atoms with van der Waals surface area (Å²) in [5.41, 5.74) is 2.02. The third-order valence-electron chi connectivity index (χ3n) is 3.95. The summed E-state index contributed by atoms with van der Waals surface area (Å²) >= 11 is 0. The van der Waals surface area contributed by atoms with E-state index in [0.29, 0.717) is 29.5 Å². The second-order valence-electron chi connectivity index (χ2n) is 5.87. The molecule has 0 atom stereocenters.